The molecule has 1 amide bonds. The number of hydrogen-bond acceptors (Lipinski definition) is 3. The molecule has 0 aliphatic carbocycles. The van der Waals surface area contributed by atoms with Crippen LogP contribution in [0, 0.1) is 0 Å². The van der Waals surface area contributed by atoms with Crippen LogP contribution < -0.4 is 0 Å². The predicted molar refractivity (Wildman–Crippen MR) is 91.0 cm³/mol. The average molecular weight is 329 g/mol. The van der Waals surface area contributed by atoms with E-state index in [1.807, 2.05) is 51.1 Å². The number of aromatic amines is 1. The van der Waals surface area contributed by atoms with Gasteiger partial charge >= 0.3 is 5.97 Å². The zero-order valence-electron chi connectivity index (χ0n) is 14.2. The van der Waals surface area contributed by atoms with Crippen LogP contribution in [0.2, 0.25) is 0 Å². The molecule has 6 heteroatoms. The number of nitrogens with zero attached hydrogens (tertiary/aromatic N) is 2. The van der Waals surface area contributed by atoms with E-state index in [9.17, 15) is 9.59 Å². The maximum Gasteiger partial charge on any atom is 0.323 e. The number of aromatic nitrogens is 2. The first-order valence-electron chi connectivity index (χ1n) is 7.88. The Kier molecular flexibility index (Phi) is 5.39. The van der Waals surface area contributed by atoms with Gasteiger partial charge in [0, 0.05) is 17.7 Å². The van der Waals surface area contributed by atoms with E-state index in [0.29, 0.717) is 13.0 Å². The van der Waals surface area contributed by atoms with Crippen LogP contribution in [0.5, 0.6) is 0 Å². The number of rotatable bonds is 6. The van der Waals surface area contributed by atoms with Crippen molar-refractivity contribution in [3.63, 3.8) is 0 Å². The molecule has 0 bridgehead atoms. The second kappa shape index (κ2) is 7.29. The summed E-state index contributed by atoms with van der Waals surface area (Å²) < 4.78 is 0. The van der Waals surface area contributed by atoms with Gasteiger partial charge in [0.2, 0.25) is 0 Å². The molecule has 1 aromatic carbocycles. The molecule has 2 N–H and O–H groups in total. The Morgan fingerprint density at radius 2 is 1.88 bits per heavy atom. The van der Waals surface area contributed by atoms with E-state index in [2.05, 4.69) is 10.2 Å². The molecule has 128 valence electrons. The van der Waals surface area contributed by atoms with Gasteiger partial charge in [-0.25, -0.2) is 0 Å². The lowest BCUT2D eigenvalue weighted by Gasteiger charge is -2.19. The van der Waals surface area contributed by atoms with Gasteiger partial charge in [0.05, 0.1) is 0 Å². The Morgan fingerprint density at radius 3 is 2.42 bits per heavy atom. The summed E-state index contributed by atoms with van der Waals surface area (Å²) in [7, 11) is 0. The fraction of sp³-hybridized carbons (Fsp3) is 0.389. The Hall–Kier alpha value is -2.63. The van der Waals surface area contributed by atoms with Crippen LogP contribution >= 0.6 is 0 Å². The van der Waals surface area contributed by atoms with Crippen LogP contribution in [0.1, 0.15) is 42.5 Å². The van der Waals surface area contributed by atoms with Crippen molar-refractivity contribution in [2.75, 3.05) is 13.1 Å². The lowest BCUT2D eigenvalue weighted by Crippen LogP contribution is -2.37. The smallest absolute Gasteiger partial charge is 0.323 e. The van der Waals surface area contributed by atoms with Gasteiger partial charge in [0.25, 0.3) is 5.91 Å². The summed E-state index contributed by atoms with van der Waals surface area (Å²) in [5.74, 6) is -1.41. The summed E-state index contributed by atoms with van der Waals surface area (Å²) in [6, 6.07) is 11.4. The maximum absolute atomic E-state index is 12.6. The highest BCUT2D eigenvalue weighted by Crippen LogP contribution is 2.20. The first-order chi connectivity index (χ1) is 11.3. The highest BCUT2D eigenvalue weighted by atomic mass is 16.4. The second-order valence-corrected chi connectivity index (χ2v) is 6.77. The molecule has 0 aliphatic heterocycles. The number of carbonyl (C=O) groups excluding carboxylic acids is 1. The number of hydrogen-bond donors (Lipinski definition) is 2. The van der Waals surface area contributed by atoms with Crippen molar-refractivity contribution in [2.24, 2.45) is 0 Å². The molecule has 0 atom stereocenters. The fourth-order valence-corrected chi connectivity index (χ4v) is 2.30. The van der Waals surface area contributed by atoms with Crippen LogP contribution in [0.25, 0.3) is 0 Å². The van der Waals surface area contributed by atoms with Gasteiger partial charge in [-0.3, -0.25) is 14.7 Å². The quantitative estimate of drug-likeness (QED) is 0.852. The Morgan fingerprint density at radius 1 is 1.21 bits per heavy atom. The predicted octanol–water partition coefficient (Wildman–Crippen LogP) is 2.48. The molecule has 1 heterocycles. The summed E-state index contributed by atoms with van der Waals surface area (Å²) in [5, 5.41) is 16.0. The third-order valence-corrected chi connectivity index (χ3v) is 3.73. The van der Waals surface area contributed by atoms with Crippen LogP contribution in [0.3, 0.4) is 0 Å². The van der Waals surface area contributed by atoms with Crippen LogP contribution in [-0.4, -0.2) is 45.2 Å². The molecule has 0 spiro atoms. The first kappa shape index (κ1) is 17.7. The van der Waals surface area contributed by atoms with Gasteiger partial charge in [-0.15, -0.1) is 0 Å². The molecule has 24 heavy (non-hydrogen) atoms. The molecule has 0 aliphatic rings. The molecular formula is C18H23N3O3. The van der Waals surface area contributed by atoms with Crippen molar-refractivity contribution in [1.29, 1.82) is 0 Å². The van der Waals surface area contributed by atoms with E-state index in [0.717, 1.165) is 11.3 Å². The normalized spacial score (nSPS) is 11.3. The average Bonchev–Trinajstić information content (AvgIpc) is 3.01. The molecule has 0 radical (unpaired) electrons. The lowest BCUT2D eigenvalue weighted by atomic mass is 9.92. The van der Waals surface area contributed by atoms with E-state index < -0.39 is 5.97 Å². The van der Waals surface area contributed by atoms with E-state index in [1.165, 1.54) is 4.90 Å². The van der Waals surface area contributed by atoms with Crippen molar-refractivity contribution in [3.05, 3.63) is 53.3 Å². The van der Waals surface area contributed by atoms with Crippen molar-refractivity contribution in [2.45, 2.75) is 32.6 Å². The number of carboxylic acid groups (broad SMARTS) is 1. The number of nitrogens with one attached hydrogen (secondary N) is 1. The fourth-order valence-electron chi connectivity index (χ4n) is 2.30. The molecule has 2 aromatic rings. The van der Waals surface area contributed by atoms with Crippen LogP contribution in [0.15, 0.2) is 36.4 Å². The third-order valence-electron chi connectivity index (χ3n) is 3.73. The van der Waals surface area contributed by atoms with Gasteiger partial charge in [-0.2, -0.15) is 5.10 Å². The van der Waals surface area contributed by atoms with E-state index in [4.69, 9.17) is 5.11 Å². The highest BCUT2D eigenvalue weighted by molar-refractivity contribution is 5.94. The van der Waals surface area contributed by atoms with Gasteiger partial charge in [-0.1, -0.05) is 51.1 Å². The van der Waals surface area contributed by atoms with Crippen molar-refractivity contribution in [3.8, 4) is 0 Å². The minimum absolute atomic E-state index is 0.160. The van der Waals surface area contributed by atoms with Crippen LogP contribution in [-0.2, 0) is 16.6 Å². The minimum Gasteiger partial charge on any atom is -0.480 e. The van der Waals surface area contributed by atoms with Crippen molar-refractivity contribution in [1.82, 2.24) is 15.1 Å². The first-order valence-corrected chi connectivity index (χ1v) is 7.88. The summed E-state index contributed by atoms with van der Waals surface area (Å²) in [6.45, 7) is 6.02. The molecular weight excluding hydrogens is 306 g/mol. The second-order valence-electron chi connectivity index (χ2n) is 6.77. The Labute approximate surface area is 141 Å². The molecule has 2 rings (SSSR count). The molecule has 0 saturated heterocycles. The summed E-state index contributed by atoms with van der Waals surface area (Å²) in [4.78, 5) is 25.0. The van der Waals surface area contributed by atoms with Crippen molar-refractivity contribution >= 4 is 11.9 Å². The van der Waals surface area contributed by atoms with E-state index >= 15 is 0 Å². The molecule has 1 aromatic heterocycles. The number of amides is 1. The highest BCUT2D eigenvalue weighted by Gasteiger charge is 2.24. The SMILES string of the molecule is CC(C)(C)c1cc(C(=O)N(CCc2ccccc2)CC(=O)O)n[nH]1. The zero-order chi connectivity index (χ0) is 17.7. The number of carbonyl (C=O) groups is 2. The topological polar surface area (TPSA) is 86.3 Å². The largest absolute Gasteiger partial charge is 0.480 e. The van der Waals surface area contributed by atoms with Crippen LogP contribution in [0.4, 0.5) is 0 Å². The number of H-pyrrole nitrogens is 1. The minimum atomic E-state index is -1.04. The maximum atomic E-state index is 12.6. The van der Waals surface area contributed by atoms with Gasteiger partial charge < -0.3 is 10.0 Å². The monoisotopic (exact) mass is 329 g/mol. The van der Waals surface area contributed by atoms with Gasteiger partial charge in [0.1, 0.15) is 12.2 Å². The Bertz CT molecular complexity index is 702. The van der Waals surface area contributed by atoms with Gasteiger partial charge in [0.15, 0.2) is 0 Å². The van der Waals surface area contributed by atoms with E-state index in [-0.39, 0.29) is 23.6 Å². The number of aliphatic carboxylic acids is 1. The number of benzene rings is 1. The Balaban J connectivity index is 2.13. The van der Waals surface area contributed by atoms with E-state index in [1.54, 1.807) is 6.07 Å². The number of carboxylic acids is 1. The standard InChI is InChI=1S/C18H23N3O3/c1-18(2,3)15-11-14(19-20-15)17(24)21(12-16(22)23)10-9-13-7-5-4-6-8-13/h4-8,11H,9-10,12H2,1-3H3,(H,19,20)(H,22,23). The van der Waals surface area contributed by atoms with Crippen molar-refractivity contribution < 1.29 is 14.7 Å². The lowest BCUT2D eigenvalue weighted by molar-refractivity contribution is -0.137. The zero-order valence-corrected chi connectivity index (χ0v) is 14.2. The summed E-state index contributed by atoms with van der Waals surface area (Å²) in [6.07, 6.45) is 0.594. The van der Waals surface area contributed by atoms with Gasteiger partial charge in [-0.05, 0) is 18.1 Å². The molecule has 6 nitrogen and oxygen atoms in total. The molecule has 0 fully saturated rings. The third kappa shape index (κ3) is 4.68. The summed E-state index contributed by atoms with van der Waals surface area (Å²) in [5.41, 5.74) is 1.98. The molecule has 0 saturated carbocycles. The molecule has 0 unspecified atom stereocenters. The summed E-state index contributed by atoms with van der Waals surface area (Å²) >= 11 is 0.